The summed E-state index contributed by atoms with van der Waals surface area (Å²) in [6, 6.07) is 17.8. The van der Waals surface area contributed by atoms with Crippen molar-refractivity contribution in [2.75, 3.05) is 62.8 Å². The van der Waals surface area contributed by atoms with Crippen molar-refractivity contribution in [3.8, 4) is 0 Å². The van der Waals surface area contributed by atoms with Gasteiger partial charge in [-0.05, 0) is 60.6 Å². The van der Waals surface area contributed by atoms with Crippen molar-refractivity contribution in [3.63, 3.8) is 0 Å². The van der Waals surface area contributed by atoms with Crippen molar-refractivity contribution in [1.29, 1.82) is 0 Å². The molecule has 222 valence electrons. The average molecular weight is 582 g/mol. The van der Waals surface area contributed by atoms with E-state index in [4.69, 9.17) is 10.5 Å². The van der Waals surface area contributed by atoms with Crippen molar-refractivity contribution in [1.82, 2.24) is 9.80 Å². The average Bonchev–Trinajstić information content (AvgIpc) is 2.97. The fraction of sp³-hybridized carbons (Fsp3) is 0.290. The standard InChI is InChI=1S/C31H34F3N5O3/c1-38(16-17-39-18-20-42-21-19-39)29(30(41)36-25-13-11-24(12-14-25)31(32,33)34)23-9-6-22(7-10-23)8-15-28(40)37-27-5-3-2-4-26(27)35/h2-15,29H,16-21,35H2,1H3,(H,36,41)(H,37,40). The van der Waals surface area contributed by atoms with Crippen LogP contribution in [0.3, 0.4) is 0 Å². The molecule has 0 aliphatic carbocycles. The van der Waals surface area contributed by atoms with Crippen LogP contribution in [0.5, 0.6) is 0 Å². The number of halogens is 3. The number of nitrogen functional groups attached to an aromatic ring is 1. The minimum absolute atomic E-state index is 0.268. The lowest BCUT2D eigenvalue weighted by molar-refractivity contribution is -0.137. The molecule has 11 heteroatoms. The molecule has 1 unspecified atom stereocenters. The van der Waals surface area contributed by atoms with Crippen molar-refractivity contribution < 1.29 is 27.5 Å². The fourth-order valence-corrected chi connectivity index (χ4v) is 4.56. The molecule has 1 aliphatic rings. The molecule has 1 atom stereocenters. The van der Waals surface area contributed by atoms with Gasteiger partial charge in [-0.2, -0.15) is 13.2 Å². The van der Waals surface area contributed by atoms with Crippen LogP contribution < -0.4 is 16.4 Å². The molecule has 0 saturated carbocycles. The Bertz CT molecular complexity index is 1370. The number of para-hydroxylation sites is 2. The van der Waals surface area contributed by atoms with E-state index >= 15 is 0 Å². The van der Waals surface area contributed by atoms with E-state index in [1.807, 2.05) is 11.9 Å². The van der Waals surface area contributed by atoms with E-state index in [0.717, 1.165) is 37.3 Å². The number of likely N-dealkylation sites (N-methyl/N-ethyl adjacent to an activating group) is 1. The molecule has 0 bridgehead atoms. The predicted molar refractivity (Wildman–Crippen MR) is 158 cm³/mol. The molecule has 4 N–H and O–H groups in total. The lowest BCUT2D eigenvalue weighted by atomic mass is 10.0. The zero-order valence-corrected chi connectivity index (χ0v) is 23.2. The molecule has 1 fully saturated rings. The van der Waals surface area contributed by atoms with Crippen molar-refractivity contribution >= 4 is 35.0 Å². The Morgan fingerprint density at radius 2 is 1.67 bits per heavy atom. The van der Waals surface area contributed by atoms with Crippen molar-refractivity contribution in [3.05, 3.63) is 95.6 Å². The number of nitrogens with two attached hydrogens (primary N) is 1. The molecule has 0 aromatic heterocycles. The molecule has 3 aromatic rings. The number of alkyl halides is 3. The molecule has 2 amide bonds. The van der Waals surface area contributed by atoms with E-state index in [0.29, 0.717) is 36.7 Å². The molecule has 0 radical (unpaired) electrons. The maximum Gasteiger partial charge on any atom is 0.416 e. The fourth-order valence-electron chi connectivity index (χ4n) is 4.56. The predicted octanol–water partition coefficient (Wildman–Crippen LogP) is 4.88. The van der Waals surface area contributed by atoms with Crippen LogP contribution in [0.15, 0.2) is 78.9 Å². The number of benzene rings is 3. The minimum atomic E-state index is -4.46. The Morgan fingerprint density at radius 1 is 1.00 bits per heavy atom. The first-order valence-electron chi connectivity index (χ1n) is 13.5. The van der Waals surface area contributed by atoms with Crippen LogP contribution in [-0.4, -0.2) is 68.1 Å². The smallest absolute Gasteiger partial charge is 0.397 e. The molecular weight excluding hydrogens is 547 g/mol. The molecule has 3 aromatic carbocycles. The summed E-state index contributed by atoms with van der Waals surface area (Å²) in [4.78, 5) is 30.0. The van der Waals surface area contributed by atoms with E-state index in [2.05, 4.69) is 15.5 Å². The third-order valence-electron chi connectivity index (χ3n) is 6.94. The molecule has 1 saturated heterocycles. The van der Waals surface area contributed by atoms with Gasteiger partial charge in [0, 0.05) is 37.9 Å². The molecule has 42 heavy (non-hydrogen) atoms. The van der Waals surface area contributed by atoms with E-state index < -0.39 is 17.8 Å². The number of morpholine rings is 1. The number of carbonyl (C=O) groups excluding carboxylic acids is 2. The summed E-state index contributed by atoms with van der Waals surface area (Å²) in [5.41, 5.74) is 7.78. The largest absolute Gasteiger partial charge is 0.416 e. The number of amides is 2. The molecule has 0 spiro atoms. The number of rotatable bonds is 10. The molecular formula is C31H34F3N5O3. The summed E-state index contributed by atoms with van der Waals surface area (Å²) < 4.78 is 44.4. The van der Waals surface area contributed by atoms with Crippen LogP contribution in [0.25, 0.3) is 6.08 Å². The zero-order chi connectivity index (χ0) is 30.1. The van der Waals surface area contributed by atoms with Crippen LogP contribution in [0.2, 0.25) is 0 Å². The Morgan fingerprint density at radius 3 is 2.31 bits per heavy atom. The lowest BCUT2D eigenvalue weighted by Gasteiger charge is -2.32. The van der Waals surface area contributed by atoms with Gasteiger partial charge in [0.15, 0.2) is 0 Å². The first-order chi connectivity index (χ1) is 20.1. The number of anilines is 3. The first kappa shape index (κ1) is 30.8. The van der Waals surface area contributed by atoms with Gasteiger partial charge in [-0.15, -0.1) is 0 Å². The number of ether oxygens (including phenoxy) is 1. The van der Waals surface area contributed by atoms with Gasteiger partial charge in [0.05, 0.1) is 30.2 Å². The van der Waals surface area contributed by atoms with Gasteiger partial charge >= 0.3 is 6.18 Å². The van der Waals surface area contributed by atoms with E-state index in [1.165, 1.54) is 18.2 Å². The second-order valence-electron chi connectivity index (χ2n) is 9.98. The Hall–Kier alpha value is -4.19. The number of hydrogen-bond acceptors (Lipinski definition) is 6. The van der Waals surface area contributed by atoms with Gasteiger partial charge in [-0.25, -0.2) is 0 Å². The van der Waals surface area contributed by atoms with Crippen LogP contribution in [0, 0.1) is 0 Å². The van der Waals surface area contributed by atoms with E-state index in [-0.39, 0.29) is 17.5 Å². The number of carbonyl (C=O) groups is 2. The summed E-state index contributed by atoms with van der Waals surface area (Å²) in [5.74, 6) is -0.712. The van der Waals surface area contributed by atoms with Crippen molar-refractivity contribution in [2.45, 2.75) is 12.2 Å². The molecule has 1 heterocycles. The summed E-state index contributed by atoms with van der Waals surface area (Å²) in [7, 11) is 1.84. The molecule has 4 rings (SSSR count). The lowest BCUT2D eigenvalue weighted by Crippen LogP contribution is -2.43. The zero-order valence-electron chi connectivity index (χ0n) is 23.2. The number of nitrogens with zero attached hydrogens (tertiary/aromatic N) is 2. The third kappa shape index (κ3) is 8.65. The highest BCUT2D eigenvalue weighted by atomic mass is 19.4. The van der Waals surface area contributed by atoms with Gasteiger partial charge in [0.2, 0.25) is 11.8 Å². The van der Waals surface area contributed by atoms with E-state index in [1.54, 1.807) is 54.6 Å². The number of nitrogens with one attached hydrogen (secondary N) is 2. The normalized spacial score (nSPS) is 15.1. The SMILES string of the molecule is CN(CCN1CCOCC1)C(C(=O)Nc1ccc(C(F)(F)F)cc1)c1ccc(C=CC(=O)Nc2ccccc2N)cc1. The Kier molecular flexibility index (Phi) is 10.3. The topological polar surface area (TPSA) is 99.9 Å². The van der Waals surface area contributed by atoms with Gasteiger partial charge < -0.3 is 21.1 Å². The van der Waals surface area contributed by atoms with Gasteiger partial charge in [-0.3, -0.25) is 19.4 Å². The van der Waals surface area contributed by atoms with E-state index in [9.17, 15) is 22.8 Å². The summed E-state index contributed by atoms with van der Waals surface area (Å²) in [6.45, 7) is 4.24. The molecule has 8 nitrogen and oxygen atoms in total. The first-order valence-corrected chi connectivity index (χ1v) is 13.5. The van der Waals surface area contributed by atoms with Gasteiger partial charge in [0.25, 0.3) is 0 Å². The Labute approximate surface area is 242 Å². The van der Waals surface area contributed by atoms with Crippen LogP contribution in [-0.2, 0) is 20.5 Å². The second-order valence-corrected chi connectivity index (χ2v) is 9.98. The van der Waals surface area contributed by atoms with Gasteiger partial charge in [0.1, 0.15) is 6.04 Å². The summed E-state index contributed by atoms with van der Waals surface area (Å²) >= 11 is 0. The van der Waals surface area contributed by atoms with Gasteiger partial charge in [-0.1, -0.05) is 36.4 Å². The van der Waals surface area contributed by atoms with Crippen LogP contribution in [0.4, 0.5) is 30.2 Å². The second kappa shape index (κ2) is 14.1. The third-order valence-corrected chi connectivity index (χ3v) is 6.94. The van der Waals surface area contributed by atoms with Crippen molar-refractivity contribution in [2.24, 2.45) is 0 Å². The highest BCUT2D eigenvalue weighted by Gasteiger charge is 2.30. The number of hydrogen-bond donors (Lipinski definition) is 3. The van der Waals surface area contributed by atoms with Crippen LogP contribution in [0.1, 0.15) is 22.7 Å². The quantitative estimate of drug-likeness (QED) is 0.233. The maximum atomic E-state index is 13.5. The Balaban J connectivity index is 1.47. The van der Waals surface area contributed by atoms with Crippen LogP contribution >= 0.6 is 0 Å². The summed E-state index contributed by atoms with van der Waals surface area (Å²) in [6.07, 6.45) is -1.42. The maximum absolute atomic E-state index is 13.5. The highest BCUT2D eigenvalue weighted by Crippen LogP contribution is 2.30. The molecule has 1 aliphatic heterocycles. The summed E-state index contributed by atoms with van der Waals surface area (Å²) in [5, 5.41) is 5.49. The monoisotopic (exact) mass is 581 g/mol. The highest BCUT2D eigenvalue weighted by molar-refractivity contribution is 6.03. The minimum Gasteiger partial charge on any atom is -0.397 e.